The SMILES string of the molecule is F[B-](F)(F)F.[IH+]c1cccc(-c2cc3ccccc3[nH]2)c1. The third-order valence-electron chi connectivity index (χ3n) is 2.68. The molecule has 0 aliphatic heterocycles. The normalized spacial score (nSPS) is 11.1. The molecule has 2 aromatic carbocycles. The van der Waals surface area contributed by atoms with Crippen LogP contribution in [0.15, 0.2) is 54.6 Å². The maximum atomic E-state index is 9.75. The Kier molecular flexibility index (Phi) is 4.92. The third kappa shape index (κ3) is 5.07. The Morgan fingerprint density at radius 1 is 0.857 bits per heavy atom. The van der Waals surface area contributed by atoms with Crippen molar-refractivity contribution >= 4 is 18.2 Å². The van der Waals surface area contributed by atoms with Crippen molar-refractivity contribution in [1.29, 1.82) is 0 Å². The number of para-hydroxylation sites is 1. The Labute approximate surface area is 132 Å². The molecular formula is C14H11BF4IN. The number of nitrogens with one attached hydrogen (secondary N) is 1. The number of rotatable bonds is 1. The lowest BCUT2D eigenvalue weighted by molar-refractivity contribution is -0.328. The number of hydrogen-bond acceptors (Lipinski definition) is 0. The van der Waals surface area contributed by atoms with Gasteiger partial charge in [-0.2, -0.15) is 0 Å². The molecule has 0 spiro atoms. The minimum absolute atomic E-state index is 1.19. The second-order valence-corrected chi connectivity index (χ2v) is 5.64. The molecule has 0 radical (unpaired) electrons. The highest BCUT2D eigenvalue weighted by Gasteiger charge is 2.20. The lowest BCUT2D eigenvalue weighted by atomic mass is 10.1. The number of halogens is 5. The monoisotopic (exact) mass is 407 g/mol. The van der Waals surface area contributed by atoms with Crippen molar-refractivity contribution in [2.24, 2.45) is 0 Å². The van der Waals surface area contributed by atoms with Gasteiger partial charge >= 0.3 is 7.25 Å². The molecule has 3 aromatic rings. The summed E-state index contributed by atoms with van der Waals surface area (Å²) < 4.78 is 40.3. The Morgan fingerprint density at radius 3 is 2.14 bits per heavy atom. The van der Waals surface area contributed by atoms with Crippen molar-refractivity contribution in [1.82, 2.24) is 4.98 Å². The Balaban J connectivity index is 0.000000282. The van der Waals surface area contributed by atoms with E-state index < -0.39 is 7.25 Å². The van der Waals surface area contributed by atoms with Gasteiger partial charge in [-0.15, -0.1) is 0 Å². The van der Waals surface area contributed by atoms with Gasteiger partial charge in [0.15, 0.2) is 3.57 Å². The average Bonchev–Trinajstić information content (AvgIpc) is 2.80. The molecule has 21 heavy (non-hydrogen) atoms. The minimum atomic E-state index is -6.00. The summed E-state index contributed by atoms with van der Waals surface area (Å²) in [6, 6.07) is 19.1. The first-order valence-electron chi connectivity index (χ1n) is 6.05. The third-order valence-corrected chi connectivity index (χ3v) is 3.40. The topological polar surface area (TPSA) is 15.8 Å². The molecule has 0 saturated carbocycles. The van der Waals surface area contributed by atoms with Crippen LogP contribution in [0.3, 0.4) is 0 Å². The summed E-state index contributed by atoms with van der Waals surface area (Å²) in [7, 11) is -6.00. The van der Waals surface area contributed by atoms with E-state index in [1.165, 1.54) is 25.7 Å². The molecule has 0 unspecified atom stereocenters. The summed E-state index contributed by atoms with van der Waals surface area (Å²) in [4.78, 5) is 3.44. The summed E-state index contributed by atoms with van der Waals surface area (Å²) in [5.41, 5.74) is 3.63. The fourth-order valence-electron chi connectivity index (χ4n) is 1.89. The van der Waals surface area contributed by atoms with E-state index in [2.05, 4.69) is 59.6 Å². The van der Waals surface area contributed by atoms with Crippen LogP contribution in [0.2, 0.25) is 0 Å². The van der Waals surface area contributed by atoms with Gasteiger partial charge in [0.05, 0.1) is 0 Å². The molecule has 0 fully saturated rings. The number of aromatic nitrogens is 1. The van der Waals surface area contributed by atoms with Crippen LogP contribution >= 0.6 is 0 Å². The van der Waals surface area contributed by atoms with Crippen LogP contribution in [0.25, 0.3) is 22.2 Å². The first-order valence-corrected chi connectivity index (χ1v) is 7.22. The molecule has 0 bridgehead atoms. The quantitative estimate of drug-likeness (QED) is 0.359. The summed E-state index contributed by atoms with van der Waals surface area (Å²) >= 11 is 2.04. The molecule has 0 aliphatic rings. The van der Waals surface area contributed by atoms with Crippen LogP contribution < -0.4 is 22.6 Å². The molecule has 1 nitrogen and oxygen atoms in total. The lowest BCUT2D eigenvalue weighted by Crippen LogP contribution is -3.34. The van der Waals surface area contributed by atoms with E-state index in [0.717, 1.165) is 0 Å². The predicted octanol–water partition coefficient (Wildman–Crippen LogP) is 1.59. The van der Waals surface area contributed by atoms with Crippen molar-refractivity contribution in [3.63, 3.8) is 0 Å². The minimum Gasteiger partial charge on any atom is -0.418 e. The van der Waals surface area contributed by atoms with Gasteiger partial charge in [0.25, 0.3) is 22.6 Å². The van der Waals surface area contributed by atoms with Crippen molar-refractivity contribution in [2.45, 2.75) is 0 Å². The van der Waals surface area contributed by atoms with Gasteiger partial charge in [0.1, 0.15) is 0 Å². The lowest BCUT2D eigenvalue weighted by Gasteiger charge is -1.95. The fourth-order valence-corrected chi connectivity index (χ4v) is 2.48. The van der Waals surface area contributed by atoms with Gasteiger partial charge in [-0.3, -0.25) is 0 Å². The van der Waals surface area contributed by atoms with E-state index in [1.54, 1.807) is 0 Å². The summed E-state index contributed by atoms with van der Waals surface area (Å²) in [6.07, 6.45) is 0. The van der Waals surface area contributed by atoms with Crippen LogP contribution in [0.5, 0.6) is 0 Å². The summed E-state index contributed by atoms with van der Waals surface area (Å²) in [5.74, 6) is 0. The van der Waals surface area contributed by atoms with E-state index in [1.807, 2.05) is 22.6 Å². The highest BCUT2D eigenvalue weighted by atomic mass is 127. The van der Waals surface area contributed by atoms with Crippen LogP contribution in [0, 0.1) is 3.57 Å². The molecule has 0 amide bonds. The fraction of sp³-hybridized carbons (Fsp3) is 0. The maximum Gasteiger partial charge on any atom is 0.673 e. The first-order chi connectivity index (χ1) is 9.83. The second-order valence-electron chi connectivity index (χ2n) is 4.29. The molecule has 0 aliphatic carbocycles. The van der Waals surface area contributed by atoms with Crippen LogP contribution in [-0.2, 0) is 0 Å². The highest BCUT2D eigenvalue weighted by Crippen LogP contribution is 2.23. The van der Waals surface area contributed by atoms with Crippen LogP contribution in [-0.4, -0.2) is 12.2 Å². The number of aromatic amines is 1. The van der Waals surface area contributed by atoms with Crippen LogP contribution in [0.1, 0.15) is 0 Å². The smallest absolute Gasteiger partial charge is 0.418 e. The standard InChI is InChI=1S/C14H11IN.BF4/c15-12-6-3-5-10(8-12)14-9-11-4-1-2-7-13(11)16-14;2-1(3,4)5/h1-9,15-16H;/q+1;-1. The number of hydrogen-bond donors (Lipinski definition) is 1. The second kappa shape index (κ2) is 6.51. The number of H-pyrrole nitrogens is 1. The van der Waals surface area contributed by atoms with Gasteiger partial charge in [0.2, 0.25) is 0 Å². The van der Waals surface area contributed by atoms with E-state index in [-0.39, 0.29) is 0 Å². The van der Waals surface area contributed by atoms with Crippen molar-refractivity contribution < 1.29 is 39.9 Å². The number of fused-ring (bicyclic) bond motifs is 1. The van der Waals surface area contributed by atoms with E-state index >= 15 is 0 Å². The zero-order valence-electron chi connectivity index (χ0n) is 10.7. The largest absolute Gasteiger partial charge is 0.673 e. The van der Waals surface area contributed by atoms with E-state index in [0.29, 0.717) is 0 Å². The molecule has 1 aromatic heterocycles. The molecule has 1 heterocycles. The summed E-state index contributed by atoms with van der Waals surface area (Å²) in [6.45, 7) is 0. The van der Waals surface area contributed by atoms with E-state index in [9.17, 15) is 17.3 Å². The Bertz CT molecular complexity index is 700. The maximum absolute atomic E-state index is 9.75. The molecule has 7 heteroatoms. The average molecular weight is 407 g/mol. The predicted molar refractivity (Wildman–Crippen MR) is 74.0 cm³/mol. The zero-order chi connectivity index (χ0) is 15.5. The van der Waals surface area contributed by atoms with Crippen molar-refractivity contribution in [3.05, 3.63) is 58.2 Å². The van der Waals surface area contributed by atoms with Crippen molar-refractivity contribution in [2.75, 3.05) is 0 Å². The van der Waals surface area contributed by atoms with Gasteiger partial charge in [0, 0.05) is 28.2 Å². The molecule has 110 valence electrons. The van der Waals surface area contributed by atoms with Gasteiger partial charge < -0.3 is 22.2 Å². The molecular weight excluding hydrogens is 396 g/mol. The molecule has 3 rings (SSSR count). The molecule has 0 atom stereocenters. The van der Waals surface area contributed by atoms with Crippen molar-refractivity contribution in [3.8, 4) is 11.3 Å². The van der Waals surface area contributed by atoms with E-state index in [4.69, 9.17) is 0 Å². The Hall–Kier alpha value is -1.51. The molecule has 1 N–H and O–H groups in total. The summed E-state index contributed by atoms with van der Waals surface area (Å²) in [5, 5.41) is 1.26. The zero-order valence-corrected chi connectivity index (χ0v) is 13.0. The highest BCUT2D eigenvalue weighted by molar-refractivity contribution is 6.50. The van der Waals surface area contributed by atoms with Gasteiger partial charge in [-0.25, -0.2) is 0 Å². The first kappa shape index (κ1) is 15.9. The van der Waals surface area contributed by atoms with Gasteiger partial charge in [-0.1, -0.05) is 30.3 Å². The van der Waals surface area contributed by atoms with Crippen LogP contribution in [0.4, 0.5) is 17.3 Å². The Morgan fingerprint density at radius 2 is 1.52 bits per heavy atom. The van der Waals surface area contributed by atoms with Gasteiger partial charge in [-0.05, 0) is 18.2 Å². The number of benzene rings is 2. The molecule has 0 saturated heterocycles.